The number of anilines is 2. The van der Waals surface area contributed by atoms with E-state index in [1.54, 1.807) is 31.2 Å². The monoisotopic (exact) mass is 206 g/mol. The normalized spacial score (nSPS) is 10.5. The zero-order valence-corrected chi connectivity index (χ0v) is 8.57. The molecule has 0 fully saturated rings. The van der Waals surface area contributed by atoms with Gasteiger partial charge in [0.15, 0.2) is 0 Å². The molecule has 4 heteroatoms. The Bertz CT molecular complexity index is 366. The first-order valence-electron chi connectivity index (χ1n) is 4.62. The lowest BCUT2D eigenvalue weighted by atomic mass is 10.1. The van der Waals surface area contributed by atoms with Gasteiger partial charge >= 0.3 is 5.97 Å². The summed E-state index contributed by atoms with van der Waals surface area (Å²) < 4.78 is 4.74. The molecule has 0 aliphatic carbocycles. The topological polar surface area (TPSA) is 78.3 Å². The van der Waals surface area contributed by atoms with E-state index in [0.29, 0.717) is 18.0 Å². The lowest BCUT2D eigenvalue weighted by Gasteiger charge is -1.99. The van der Waals surface area contributed by atoms with Gasteiger partial charge in [0.1, 0.15) is 0 Å². The van der Waals surface area contributed by atoms with Crippen molar-refractivity contribution in [3.63, 3.8) is 0 Å². The molecule has 0 atom stereocenters. The van der Waals surface area contributed by atoms with Crippen molar-refractivity contribution >= 4 is 23.4 Å². The first-order valence-corrected chi connectivity index (χ1v) is 4.62. The Kier molecular flexibility index (Phi) is 3.74. The van der Waals surface area contributed by atoms with E-state index in [4.69, 9.17) is 16.2 Å². The van der Waals surface area contributed by atoms with E-state index in [1.807, 2.05) is 0 Å². The molecular weight excluding hydrogens is 192 g/mol. The zero-order valence-electron chi connectivity index (χ0n) is 8.57. The van der Waals surface area contributed by atoms with E-state index in [0.717, 1.165) is 5.56 Å². The maximum atomic E-state index is 11.0. The van der Waals surface area contributed by atoms with Gasteiger partial charge in [-0.1, -0.05) is 0 Å². The second-order valence-corrected chi connectivity index (χ2v) is 3.02. The number of carbonyl (C=O) groups is 1. The predicted molar refractivity (Wildman–Crippen MR) is 60.9 cm³/mol. The molecule has 0 amide bonds. The van der Waals surface area contributed by atoms with Crippen LogP contribution >= 0.6 is 0 Å². The van der Waals surface area contributed by atoms with Crippen LogP contribution in [0.4, 0.5) is 11.4 Å². The zero-order chi connectivity index (χ0) is 11.3. The van der Waals surface area contributed by atoms with Crippen molar-refractivity contribution in [2.45, 2.75) is 6.92 Å². The summed E-state index contributed by atoms with van der Waals surface area (Å²) >= 11 is 0. The molecule has 15 heavy (non-hydrogen) atoms. The van der Waals surface area contributed by atoms with Crippen LogP contribution in [0.2, 0.25) is 0 Å². The second-order valence-electron chi connectivity index (χ2n) is 3.02. The average Bonchev–Trinajstić information content (AvgIpc) is 2.14. The molecule has 0 spiro atoms. The molecule has 1 aromatic rings. The molecule has 0 radical (unpaired) electrons. The lowest BCUT2D eigenvalue weighted by molar-refractivity contribution is -0.137. The summed E-state index contributed by atoms with van der Waals surface area (Å²) in [7, 11) is 0. The smallest absolute Gasteiger partial charge is 0.330 e. The molecule has 0 unspecified atom stereocenters. The van der Waals surface area contributed by atoms with E-state index in [1.165, 1.54) is 6.08 Å². The molecule has 0 aliphatic rings. The quantitative estimate of drug-likeness (QED) is 0.445. The highest BCUT2D eigenvalue weighted by atomic mass is 16.5. The van der Waals surface area contributed by atoms with Crippen molar-refractivity contribution in [1.82, 2.24) is 0 Å². The molecule has 0 bridgehead atoms. The molecule has 0 saturated carbocycles. The Hall–Kier alpha value is -1.97. The van der Waals surface area contributed by atoms with E-state index >= 15 is 0 Å². The van der Waals surface area contributed by atoms with Crippen molar-refractivity contribution in [3.05, 3.63) is 29.8 Å². The second kappa shape index (κ2) is 5.05. The summed E-state index contributed by atoms with van der Waals surface area (Å²) in [5.74, 6) is -0.376. The number of esters is 1. The fourth-order valence-corrected chi connectivity index (χ4v) is 1.15. The van der Waals surface area contributed by atoms with Crippen LogP contribution in [0.5, 0.6) is 0 Å². The number of nitrogen functional groups attached to an aromatic ring is 2. The molecule has 80 valence electrons. The fourth-order valence-electron chi connectivity index (χ4n) is 1.15. The molecule has 1 aromatic carbocycles. The van der Waals surface area contributed by atoms with E-state index in [2.05, 4.69) is 0 Å². The van der Waals surface area contributed by atoms with Crippen molar-refractivity contribution in [1.29, 1.82) is 0 Å². The van der Waals surface area contributed by atoms with Gasteiger partial charge < -0.3 is 16.2 Å². The highest BCUT2D eigenvalue weighted by molar-refractivity contribution is 5.87. The third-order valence-electron chi connectivity index (χ3n) is 1.70. The molecule has 0 heterocycles. The minimum atomic E-state index is -0.376. The molecular formula is C11H14N2O2. The Balaban J connectivity index is 2.76. The van der Waals surface area contributed by atoms with Gasteiger partial charge in [0.25, 0.3) is 0 Å². The maximum Gasteiger partial charge on any atom is 0.330 e. The van der Waals surface area contributed by atoms with Gasteiger partial charge in [-0.3, -0.25) is 0 Å². The maximum absolute atomic E-state index is 11.0. The van der Waals surface area contributed by atoms with Crippen LogP contribution in [-0.4, -0.2) is 12.6 Å². The van der Waals surface area contributed by atoms with Gasteiger partial charge in [-0.05, 0) is 36.8 Å². The van der Waals surface area contributed by atoms with Crippen LogP contribution in [0, 0.1) is 0 Å². The average molecular weight is 206 g/mol. The Morgan fingerprint density at radius 2 is 1.93 bits per heavy atom. The van der Waals surface area contributed by atoms with Crippen molar-refractivity contribution in [3.8, 4) is 0 Å². The molecule has 0 saturated heterocycles. The summed E-state index contributed by atoms with van der Waals surface area (Å²) in [5, 5.41) is 0. The van der Waals surface area contributed by atoms with Gasteiger partial charge in [-0.2, -0.15) is 0 Å². The summed E-state index contributed by atoms with van der Waals surface area (Å²) in [5.41, 5.74) is 13.1. The highest BCUT2D eigenvalue weighted by Crippen LogP contribution is 2.14. The summed E-state index contributed by atoms with van der Waals surface area (Å²) in [6, 6.07) is 5.11. The Labute approximate surface area is 88.5 Å². The largest absolute Gasteiger partial charge is 0.463 e. The number of hydrogen-bond acceptors (Lipinski definition) is 4. The standard InChI is InChI=1S/C11H14N2O2/c1-2-15-11(14)4-3-8-5-9(12)7-10(13)6-8/h3-7H,2,12-13H2,1H3/b4-3+. The fraction of sp³-hybridized carbons (Fsp3) is 0.182. The number of ether oxygens (including phenoxy) is 1. The number of hydrogen-bond donors (Lipinski definition) is 2. The highest BCUT2D eigenvalue weighted by Gasteiger charge is 1.96. The third kappa shape index (κ3) is 3.72. The summed E-state index contributed by atoms with van der Waals surface area (Å²) in [4.78, 5) is 11.0. The van der Waals surface area contributed by atoms with Gasteiger partial charge in [0.05, 0.1) is 6.61 Å². The first kappa shape index (κ1) is 11.1. The van der Waals surface area contributed by atoms with Gasteiger partial charge in [-0.25, -0.2) is 4.79 Å². The predicted octanol–water partition coefficient (Wildman–Crippen LogP) is 1.43. The van der Waals surface area contributed by atoms with Crippen LogP contribution in [0.15, 0.2) is 24.3 Å². The minimum Gasteiger partial charge on any atom is -0.463 e. The van der Waals surface area contributed by atoms with Crippen LogP contribution < -0.4 is 11.5 Å². The van der Waals surface area contributed by atoms with Crippen molar-refractivity contribution < 1.29 is 9.53 Å². The molecule has 0 aliphatic heterocycles. The van der Waals surface area contributed by atoms with Crippen LogP contribution in [0.1, 0.15) is 12.5 Å². The third-order valence-corrected chi connectivity index (χ3v) is 1.70. The van der Waals surface area contributed by atoms with E-state index < -0.39 is 0 Å². The van der Waals surface area contributed by atoms with Gasteiger partial charge in [0, 0.05) is 17.5 Å². The van der Waals surface area contributed by atoms with Crippen LogP contribution in [-0.2, 0) is 9.53 Å². The van der Waals surface area contributed by atoms with Crippen molar-refractivity contribution in [2.75, 3.05) is 18.1 Å². The lowest BCUT2D eigenvalue weighted by Crippen LogP contribution is -1.98. The number of carbonyl (C=O) groups excluding carboxylic acids is 1. The van der Waals surface area contributed by atoms with E-state index in [9.17, 15) is 4.79 Å². The van der Waals surface area contributed by atoms with Crippen molar-refractivity contribution in [2.24, 2.45) is 0 Å². The molecule has 0 aromatic heterocycles. The SMILES string of the molecule is CCOC(=O)/C=C/c1cc(N)cc(N)c1. The van der Waals surface area contributed by atoms with Crippen LogP contribution in [0.25, 0.3) is 6.08 Å². The summed E-state index contributed by atoms with van der Waals surface area (Å²) in [6.45, 7) is 2.12. The van der Waals surface area contributed by atoms with Crippen LogP contribution in [0.3, 0.4) is 0 Å². The molecule has 1 rings (SSSR count). The minimum absolute atomic E-state index is 0.363. The first-order chi connectivity index (χ1) is 7.11. The van der Waals surface area contributed by atoms with Gasteiger partial charge in [-0.15, -0.1) is 0 Å². The number of rotatable bonds is 3. The Morgan fingerprint density at radius 3 is 2.47 bits per heavy atom. The Morgan fingerprint density at radius 1 is 1.33 bits per heavy atom. The molecule has 4 N–H and O–H groups in total. The number of benzene rings is 1. The van der Waals surface area contributed by atoms with E-state index in [-0.39, 0.29) is 5.97 Å². The molecule has 4 nitrogen and oxygen atoms in total. The van der Waals surface area contributed by atoms with Gasteiger partial charge in [0.2, 0.25) is 0 Å². The summed E-state index contributed by atoms with van der Waals surface area (Å²) in [6.07, 6.45) is 2.96. The number of nitrogens with two attached hydrogens (primary N) is 2.